The number of hydrogen-bond acceptors (Lipinski definition) is 4. The van der Waals surface area contributed by atoms with Crippen LogP contribution in [0.2, 0.25) is 0 Å². The molecule has 7 nitrogen and oxygen atoms in total. The van der Waals surface area contributed by atoms with Crippen molar-refractivity contribution in [1.29, 1.82) is 0 Å². The van der Waals surface area contributed by atoms with Crippen molar-refractivity contribution < 1.29 is 9.47 Å². The first kappa shape index (κ1) is 24.5. The third-order valence-corrected chi connectivity index (χ3v) is 5.45. The molecule has 1 aliphatic rings. The summed E-state index contributed by atoms with van der Waals surface area (Å²) in [6, 6.07) is 8.62. The zero-order valence-corrected chi connectivity index (χ0v) is 20.5. The molecule has 1 fully saturated rings. The molecule has 2 unspecified atom stereocenters. The van der Waals surface area contributed by atoms with Crippen molar-refractivity contribution in [3.05, 3.63) is 48.5 Å². The lowest BCUT2D eigenvalue weighted by Crippen LogP contribution is -2.48. The van der Waals surface area contributed by atoms with E-state index < -0.39 is 0 Å². The summed E-state index contributed by atoms with van der Waals surface area (Å²) in [5.41, 5.74) is 1.17. The first-order valence-electron chi connectivity index (χ1n) is 10.3. The van der Waals surface area contributed by atoms with E-state index in [0.717, 1.165) is 37.6 Å². The fourth-order valence-corrected chi connectivity index (χ4v) is 3.75. The Balaban J connectivity index is 0.00000320. The third-order valence-electron chi connectivity index (χ3n) is 5.45. The Morgan fingerprint density at radius 1 is 1.33 bits per heavy atom. The number of piperidine rings is 1. The minimum Gasteiger partial charge on any atom is -0.493 e. The minimum absolute atomic E-state index is 0. The topological polar surface area (TPSA) is 63.9 Å². The van der Waals surface area contributed by atoms with Gasteiger partial charge in [-0.1, -0.05) is 19.1 Å². The summed E-state index contributed by atoms with van der Waals surface area (Å²) in [7, 11) is 3.56. The number of ether oxygens (including phenoxy) is 2. The number of guanidine groups is 1. The first-order chi connectivity index (χ1) is 14.2. The van der Waals surface area contributed by atoms with Gasteiger partial charge in [0.15, 0.2) is 5.96 Å². The van der Waals surface area contributed by atoms with Crippen molar-refractivity contribution in [2.45, 2.75) is 32.4 Å². The van der Waals surface area contributed by atoms with E-state index in [4.69, 9.17) is 9.47 Å². The van der Waals surface area contributed by atoms with Crippen LogP contribution < -0.4 is 10.1 Å². The molecule has 8 heteroatoms. The number of nitrogens with zero attached hydrogens (tertiary/aromatic N) is 4. The summed E-state index contributed by atoms with van der Waals surface area (Å²) in [4.78, 5) is 11.1. The SMILES string of the molecule is CN=C(NCc1cccc(OCCCOC)c1)N1CCC(C)C(n2ccnc2)C1.I. The fourth-order valence-electron chi connectivity index (χ4n) is 3.75. The average molecular weight is 527 g/mol. The van der Waals surface area contributed by atoms with Crippen LogP contribution in [0.5, 0.6) is 5.75 Å². The number of halogens is 1. The third kappa shape index (κ3) is 6.87. The summed E-state index contributed by atoms with van der Waals surface area (Å²) in [5, 5.41) is 3.52. The normalized spacial score (nSPS) is 19.3. The first-order valence-corrected chi connectivity index (χ1v) is 10.3. The molecular formula is C22H34IN5O2. The molecule has 2 aromatic rings. The predicted octanol–water partition coefficient (Wildman–Crippen LogP) is 3.57. The highest BCUT2D eigenvalue weighted by Crippen LogP contribution is 2.27. The van der Waals surface area contributed by atoms with Gasteiger partial charge in [0.25, 0.3) is 0 Å². The molecule has 3 rings (SSSR count). The number of hydrogen-bond donors (Lipinski definition) is 1. The van der Waals surface area contributed by atoms with E-state index >= 15 is 0 Å². The second-order valence-electron chi connectivity index (χ2n) is 7.53. The van der Waals surface area contributed by atoms with Crippen LogP contribution >= 0.6 is 24.0 Å². The van der Waals surface area contributed by atoms with Gasteiger partial charge in [0, 0.05) is 59.2 Å². The summed E-state index contributed by atoms with van der Waals surface area (Å²) >= 11 is 0. The highest BCUT2D eigenvalue weighted by atomic mass is 127. The molecule has 1 aliphatic heterocycles. The van der Waals surface area contributed by atoms with Crippen molar-refractivity contribution in [1.82, 2.24) is 19.8 Å². The fraction of sp³-hybridized carbons (Fsp3) is 0.545. The molecule has 1 aromatic heterocycles. The van der Waals surface area contributed by atoms with Crippen molar-refractivity contribution in [2.24, 2.45) is 10.9 Å². The highest BCUT2D eigenvalue weighted by molar-refractivity contribution is 14.0. The molecule has 0 saturated carbocycles. The summed E-state index contributed by atoms with van der Waals surface area (Å²) in [6.07, 6.45) is 7.84. The smallest absolute Gasteiger partial charge is 0.193 e. The van der Waals surface area contributed by atoms with E-state index in [0.29, 0.717) is 31.7 Å². The summed E-state index contributed by atoms with van der Waals surface area (Å²) in [6.45, 7) is 6.34. The molecule has 0 bridgehead atoms. The van der Waals surface area contributed by atoms with Crippen LogP contribution in [0.1, 0.15) is 31.4 Å². The van der Waals surface area contributed by atoms with Crippen LogP contribution in [0.15, 0.2) is 48.0 Å². The van der Waals surface area contributed by atoms with Crippen LogP contribution in [0.4, 0.5) is 0 Å². The van der Waals surface area contributed by atoms with E-state index in [-0.39, 0.29) is 24.0 Å². The Bertz CT molecular complexity index is 769. The second kappa shape index (κ2) is 12.8. The van der Waals surface area contributed by atoms with Crippen LogP contribution in [-0.4, -0.2) is 60.9 Å². The highest BCUT2D eigenvalue weighted by Gasteiger charge is 2.28. The predicted molar refractivity (Wildman–Crippen MR) is 131 cm³/mol. The van der Waals surface area contributed by atoms with Gasteiger partial charge >= 0.3 is 0 Å². The molecule has 0 radical (unpaired) electrons. The minimum atomic E-state index is 0. The van der Waals surface area contributed by atoms with Gasteiger partial charge in [-0.3, -0.25) is 4.99 Å². The van der Waals surface area contributed by atoms with Crippen molar-refractivity contribution in [3.63, 3.8) is 0 Å². The van der Waals surface area contributed by atoms with Crippen molar-refractivity contribution in [2.75, 3.05) is 40.5 Å². The monoisotopic (exact) mass is 527 g/mol. The maximum absolute atomic E-state index is 5.81. The average Bonchev–Trinajstić information content (AvgIpc) is 3.28. The van der Waals surface area contributed by atoms with Gasteiger partial charge in [-0.15, -0.1) is 24.0 Å². The number of methoxy groups -OCH3 is 1. The summed E-state index contributed by atoms with van der Waals surface area (Å²) in [5.74, 6) is 2.45. The standard InChI is InChI=1S/C22H33N5O2.HI/c1-18-8-10-26(16-21(18)27-11-9-24-17-27)22(23-2)25-15-19-6-4-7-20(14-19)29-13-5-12-28-3;/h4,6-7,9,11,14,17-18,21H,5,8,10,12-13,15-16H2,1-3H3,(H,23,25);1H. The number of aromatic nitrogens is 2. The molecule has 2 atom stereocenters. The van der Waals surface area contributed by atoms with Gasteiger partial charge in [-0.05, 0) is 30.0 Å². The zero-order chi connectivity index (χ0) is 20.5. The van der Waals surface area contributed by atoms with Crippen LogP contribution in [0.3, 0.4) is 0 Å². The second-order valence-corrected chi connectivity index (χ2v) is 7.53. The molecule has 1 aromatic carbocycles. The number of rotatable bonds is 8. The number of nitrogens with one attached hydrogen (secondary N) is 1. The van der Waals surface area contributed by atoms with Crippen LogP contribution in [0, 0.1) is 5.92 Å². The Labute approximate surface area is 196 Å². The Hall–Kier alpha value is -1.81. The number of benzene rings is 1. The molecule has 0 spiro atoms. The summed E-state index contributed by atoms with van der Waals surface area (Å²) < 4.78 is 13.1. The van der Waals surface area contributed by atoms with E-state index in [1.54, 1.807) is 7.11 Å². The zero-order valence-electron chi connectivity index (χ0n) is 18.2. The molecule has 1 N–H and O–H groups in total. The molecule has 166 valence electrons. The van der Waals surface area contributed by atoms with Crippen molar-refractivity contribution in [3.8, 4) is 5.75 Å². The molecule has 0 aliphatic carbocycles. The van der Waals surface area contributed by atoms with Gasteiger partial charge < -0.3 is 24.3 Å². The van der Waals surface area contributed by atoms with E-state index in [1.165, 1.54) is 5.56 Å². The largest absolute Gasteiger partial charge is 0.493 e. The molecule has 1 saturated heterocycles. The van der Waals surface area contributed by atoms with Gasteiger partial charge in [0.1, 0.15) is 5.75 Å². The van der Waals surface area contributed by atoms with Crippen LogP contribution in [0.25, 0.3) is 0 Å². The number of aliphatic imine (C=N–C) groups is 1. The maximum Gasteiger partial charge on any atom is 0.193 e. The number of likely N-dealkylation sites (tertiary alicyclic amines) is 1. The number of imidazole rings is 1. The Kier molecular flexibility index (Phi) is 10.4. The van der Waals surface area contributed by atoms with E-state index in [9.17, 15) is 0 Å². The van der Waals surface area contributed by atoms with Crippen molar-refractivity contribution >= 4 is 29.9 Å². The van der Waals surface area contributed by atoms with Crippen LogP contribution in [-0.2, 0) is 11.3 Å². The van der Waals surface area contributed by atoms with Gasteiger partial charge in [-0.25, -0.2) is 4.98 Å². The van der Waals surface area contributed by atoms with Gasteiger partial charge in [0.2, 0.25) is 0 Å². The lowest BCUT2D eigenvalue weighted by atomic mass is 9.93. The molecule has 2 heterocycles. The van der Waals surface area contributed by atoms with E-state index in [1.807, 2.05) is 31.7 Å². The molecular weight excluding hydrogens is 493 g/mol. The molecule has 0 amide bonds. The van der Waals surface area contributed by atoms with Gasteiger partial charge in [-0.2, -0.15) is 0 Å². The Morgan fingerprint density at radius 3 is 2.93 bits per heavy atom. The molecule has 30 heavy (non-hydrogen) atoms. The van der Waals surface area contributed by atoms with E-state index in [2.05, 4.69) is 50.0 Å². The lowest BCUT2D eigenvalue weighted by molar-refractivity contribution is 0.172. The Morgan fingerprint density at radius 2 is 2.20 bits per heavy atom. The van der Waals surface area contributed by atoms with Gasteiger partial charge in [0.05, 0.1) is 19.0 Å². The lowest BCUT2D eigenvalue weighted by Gasteiger charge is -2.39. The quantitative estimate of drug-likeness (QED) is 0.246. The maximum atomic E-state index is 5.81.